The molecule has 0 aromatic carbocycles. The first-order valence-electron chi connectivity index (χ1n) is 4.22. The van der Waals surface area contributed by atoms with E-state index in [0.29, 0.717) is 0 Å². The summed E-state index contributed by atoms with van der Waals surface area (Å²) >= 11 is 7.97. The maximum absolute atomic E-state index is 6.12. The lowest BCUT2D eigenvalue weighted by Gasteiger charge is -2.14. The van der Waals surface area contributed by atoms with E-state index >= 15 is 0 Å². The number of unbranched alkanes of at least 4 members (excludes halogenated alkanes) is 1. The summed E-state index contributed by atoms with van der Waals surface area (Å²) in [7, 11) is 0. The van der Waals surface area contributed by atoms with Crippen LogP contribution in [0.1, 0.15) is 26.2 Å². The largest absolute Gasteiger partial charge is 0.365 e. The first-order chi connectivity index (χ1) is 5.34. The molecule has 1 rings (SSSR count). The Hall–Kier alpha value is 0.600. The lowest BCUT2D eigenvalue weighted by Crippen LogP contribution is -2.16. The van der Waals surface area contributed by atoms with Gasteiger partial charge in [-0.3, -0.25) is 0 Å². The molecule has 1 nitrogen and oxygen atoms in total. The second-order valence-electron chi connectivity index (χ2n) is 2.77. The summed E-state index contributed by atoms with van der Waals surface area (Å²) in [4.78, 5) is 0. The van der Waals surface area contributed by atoms with E-state index in [1.54, 1.807) is 0 Å². The SMILES string of the molecule is CCCCC(Cl)C1OCCS1. The average Bonchev–Trinajstić information content (AvgIpc) is 2.52. The van der Waals surface area contributed by atoms with Crippen molar-refractivity contribution in [3.05, 3.63) is 0 Å². The molecule has 0 aromatic rings. The van der Waals surface area contributed by atoms with E-state index in [2.05, 4.69) is 6.92 Å². The average molecular weight is 195 g/mol. The fourth-order valence-electron chi connectivity index (χ4n) is 1.12. The molecule has 0 spiro atoms. The molecule has 1 fully saturated rings. The third-order valence-corrected chi connectivity index (χ3v) is 3.57. The first kappa shape index (κ1) is 9.69. The van der Waals surface area contributed by atoms with Gasteiger partial charge in [-0.2, -0.15) is 0 Å². The van der Waals surface area contributed by atoms with Crippen molar-refractivity contribution in [3.63, 3.8) is 0 Å². The van der Waals surface area contributed by atoms with E-state index in [4.69, 9.17) is 16.3 Å². The molecule has 0 bridgehead atoms. The molecule has 11 heavy (non-hydrogen) atoms. The molecular weight excluding hydrogens is 180 g/mol. The van der Waals surface area contributed by atoms with Gasteiger partial charge in [0, 0.05) is 5.75 Å². The second kappa shape index (κ2) is 5.28. The van der Waals surface area contributed by atoms with Crippen molar-refractivity contribution < 1.29 is 4.74 Å². The predicted octanol–water partition coefficient (Wildman–Crippen LogP) is 2.87. The van der Waals surface area contributed by atoms with Crippen molar-refractivity contribution in [1.82, 2.24) is 0 Å². The van der Waals surface area contributed by atoms with Gasteiger partial charge in [0.2, 0.25) is 0 Å². The van der Waals surface area contributed by atoms with Crippen LogP contribution in [0.2, 0.25) is 0 Å². The highest BCUT2D eigenvalue weighted by molar-refractivity contribution is 8.00. The number of alkyl halides is 1. The topological polar surface area (TPSA) is 9.23 Å². The number of hydrogen-bond acceptors (Lipinski definition) is 2. The highest BCUT2D eigenvalue weighted by Crippen LogP contribution is 2.28. The molecule has 0 amide bonds. The van der Waals surface area contributed by atoms with Crippen LogP contribution in [0.25, 0.3) is 0 Å². The zero-order chi connectivity index (χ0) is 8.10. The summed E-state index contributed by atoms with van der Waals surface area (Å²) < 4.78 is 5.44. The third-order valence-electron chi connectivity index (χ3n) is 1.78. The van der Waals surface area contributed by atoms with Crippen molar-refractivity contribution in [1.29, 1.82) is 0 Å². The Labute approximate surface area is 77.8 Å². The van der Waals surface area contributed by atoms with Gasteiger partial charge in [0.05, 0.1) is 12.0 Å². The highest BCUT2D eigenvalue weighted by Gasteiger charge is 2.23. The maximum Gasteiger partial charge on any atom is 0.119 e. The van der Waals surface area contributed by atoms with Crippen LogP contribution >= 0.6 is 23.4 Å². The monoisotopic (exact) mass is 194 g/mol. The van der Waals surface area contributed by atoms with E-state index in [1.165, 1.54) is 12.8 Å². The number of hydrogen-bond donors (Lipinski definition) is 0. The van der Waals surface area contributed by atoms with Crippen LogP contribution in [-0.4, -0.2) is 23.2 Å². The second-order valence-corrected chi connectivity index (χ2v) is 4.53. The van der Waals surface area contributed by atoms with Gasteiger partial charge in [0.25, 0.3) is 0 Å². The number of ether oxygens (including phenoxy) is 1. The Kier molecular flexibility index (Phi) is 4.65. The lowest BCUT2D eigenvalue weighted by molar-refractivity contribution is 0.137. The lowest BCUT2D eigenvalue weighted by atomic mass is 10.2. The Balaban J connectivity index is 2.12. The molecule has 0 aromatic heterocycles. The molecule has 2 unspecified atom stereocenters. The summed E-state index contributed by atoms with van der Waals surface area (Å²) in [6.07, 6.45) is 3.53. The fourth-order valence-corrected chi connectivity index (χ4v) is 2.53. The Morgan fingerprint density at radius 1 is 1.73 bits per heavy atom. The predicted molar refractivity (Wildman–Crippen MR) is 51.4 cm³/mol. The molecule has 66 valence electrons. The van der Waals surface area contributed by atoms with E-state index in [9.17, 15) is 0 Å². The van der Waals surface area contributed by atoms with Crippen molar-refractivity contribution in [2.45, 2.75) is 37.0 Å². The molecule has 2 atom stereocenters. The van der Waals surface area contributed by atoms with Crippen LogP contribution in [-0.2, 0) is 4.74 Å². The van der Waals surface area contributed by atoms with Crippen LogP contribution in [0, 0.1) is 0 Å². The van der Waals surface area contributed by atoms with Crippen LogP contribution in [0.4, 0.5) is 0 Å². The minimum Gasteiger partial charge on any atom is -0.365 e. The van der Waals surface area contributed by atoms with Gasteiger partial charge in [-0.1, -0.05) is 19.8 Å². The van der Waals surface area contributed by atoms with Crippen molar-refractivity contribution in [2.24, 2.45) is 0 Å². The van der Waals surface area contributed by atoms with Gasteiger partial charge < -0.3 is 4.74 Å². The first-order valence-corrected chi connectivity index (χ1v) is 5.70. The smallest absolute Gasteiger partial charge is 0.119 e. The maximum atomic E-state index is 6.12. The molecule has 0 saturated carbocycles. The zero-order valence-corrected chi connectivity index (χ0v) is 8.46. The van der Waals surface area contributed by atoms with E-state index in [0.717, 1.165) is 18.8 Å². The molecular formula is C8H15ClOS. The van der Waals surface area contributed by atoms with Gasteiger partial charge in [0.1, 0.15) is 5.44 Å². The van der Waals surface area contributed by atoms with Gasteiger partial charge >= 0.3 is 0 Å². The summed E-state index contributed by atoms with van der Waals surface area (Å²) in [5, 5.41) is 0.224. The number of rotatable bonds is 4. The van der Waals surface area contributed by atoms with Crippen molar-refractivity contribution in [2.75, 3.05) is 12.4 Å². The number of thioether (sulfide) groups is 1. The van der Waals surface area contributed by atoms with Crippen LogP contribution in [0.5, 0.6) is 0 Å². The summed E-state index contributed by atoms with van der Waals surface area (Å²) in [5.41, 5.74) is 0.267. The molecule has 0 N–H and O–H groups in total. The molecule has 1 aliphatic rings. The summed E-state index contributed by atoms with van der Waals surface area (Å²) in [6, 6.07) is 0. The molecule has 1 aliphatic heterocycles. The molecule has 3 heteroatoms. The fraction of sp³-hybridized carbons (Fsp3) is 1.00. The third kappa shape index (κ3) is 3.22. The van der Waals surface area contributed by atoms with E-state index in [-0.39, 0.29) is 10.8 Å². The van der Waals surface area contributed by atoms with Crippen LogP contribution < -0.4 is 0 Å². The number of halogens is 1. The minimum atomic E-state index is 0.224. The normalized spacial score (nSPS) is 27.3. The standard InChI is InChI=1S/C8H15ClOS/c1-2-3-4-7(9)8-10-5-6-11-8/h7-8H,2-6H2,1H3. The molecule has 1 heterocycles. The minimum absolute atomic E-state index is 0.224. The zero-order valence-electron chi connectivity index (χ0n) is 6.88. The van der Waals surface area contributed by atoms with E-state index in [1.807, 2.05) is 11.8 Å². The Morgan fingerprint density at radius 2 is 2.55 bits per heavy atom. The van der Waals surface area contributed by atoms with Crippen LogP contribution in [0.3, 0.4) is 0 Å². The Morgan fingerprint density at radius 3 is 3.09 bits per heavy atom. The van der Waals surface area contributed by atoms with Crippen molar-refractivity contribution in [3.8, 4) is 0 Å². The molecule has 1 saturated heterocycles. The van der Waals surface area contributed by atoms with Crippen LogP contribution in [0.15, 0.2) is 0 Å². The van der Waals surface area contributed by atoms with Gasteiger partial charge in [-0.05, 0) is 6.42 Å². The van der Waals surface area contributed by atoms with Gasteiger partial charge in [0.15, 0.2) is 0 Å². The van der Waals surface area contributed by atoms with E-state index < -0.39 is 0 Å². The van der Waals surface area contributed by atoms with Gasteiger partial charge in [-0.25, -0.2) is 0 Å². The highest BCUT2D eigenvalue weighted by atomic mass is 35.5. The summed E-state index contributed by atoms with van der Waals surface area (Å²) in [6.45, 7) is 3.07. The quantitative estimate of drug-likeness (QED) is 0.637. The van der Waals surface area contributed by atoms with Gasteiger partial charge in [-0.15, -0.1) is 23.4 Å². The summed E-state index contributed by atoms with van der Waals surface area (Å²) in [5.74, 6) is 1.11. The Bertz CT molecular complexity index is 104. The molecule has 0 radical (unpaired) electrons. The van der Waals surface area contributed by atoms with Crippen molar-refractivity contribution >= 4 is 23.4 Å². The molecule has 0 aliphatic carbocycles.